The van der Waals surface area contributed by atoms with E-state index < -0.39 is 0 Å². The maximum Gasteiger partial charge on any atom is 0.140 e. The van der Waals surface area contributed by atoms with E-state index in [-0.39, 0.29) is 0 Å². The lowest BCUT2D eigenvalue weighted by Crippen LogP contribution is -1.95. The van der Waals surface area contributed by atoms with Crippen molar-refractivity contribution in [1.82, 2.24) is 9.55 Å². The lowest BCUT2D eigenvalue weighted by molar-refractivity contribution is 0.879. The number of nitrogens with zero attached hydrogens (tertiary/aromatic N) is 3. The first-order chi connectivity index (χ1) is 8.13. The van der Waals surface area contributed by atoms with E-state index in [1.165, 1.54) is 0 Å². The van der Waals surface area contributed by atoms with Gasteiger partial charge in [-0.05, 0) is 19.1 Å². The molecule has 86 valence electrons. The van der Waals surface area contributed by atoms with Crippen molar-refractivity contribution in [2.75, 3.05) is 0 Å². The first-order valence-corrected chi connectivity index (χ1v) is 5.66. The summed E-state index contributed by atoms with van der Waals surface area (Å²) >= 11 is 5.97. The van der Waals surface area contributed by atoms with Gasteiger partial charge in [0.25, 0.3) is 0 Å². The lowest BCUT2D eigenvalue weighted by atomic mass is 10.2. The maximum atomic E-state index is 8.74. The van der Waals surface area contributed by atoms with Gasteiger partial charge >= 0.3 is 0 Å². The monoisotopic (exact) mass is 245 g/mol. The van der Waals surface area contributed by atoms with Crippen LogP contribution in [0.3, 0.4) is 0 Å². The van der Waals surface area contributed by atoms with Crippen LogP contribution in [0.25, 0.3) is 11.4 Å². The van der Waals surface area contributed by atoms with E-state index in [0.717, 1.165) is 22.8 Å². The van der Waals surface area contributed by atoms with Crippen molar-refractivity contribution in [1.29, 1.82) is 5.26 Å². The highest BCUT2D eigenvalue weighted by atomic mass is 35.5. The first-order valence-electron chi connectivity index (χ1n) is 5.28. The van der Waals surface area contributed by atoms with Gasteiger partial charge in [-0.15, -0.1) is 0 Å². The SMILES string of the molecule is Cc1c(CC#N)nc(-c2cccc(Cl)c2)n1C. The Kier molecular flexibility index (Phi) is 3.16. The molecule has 3 nitrogen and oxygen atoms in total. The van der Waals surface area contributed by atoms with Crippen LogP contribution in [0.4, 0.5) is 0 Å². The summed E-state index contributed by atoms with van der Waals surface area (Å²) in [6.07, 6.45) is 0.334. The molecule has 4 heteroatoms. The predicted octanol–water partition coefficient (Wildman–Crippen LogP) is 3.12. The molecular weight excluding hydrogens is 234 g/mol. The minimum Gasteiger partial charge on any atom is -0.331 e. The van der Waals surface area contributed by atoms with Crippen LogP contribution in [0.1, 0.15) is 11.4 Å². The molecule has 2 aromatic rings. The summed E-state index contributed by atoms with van der Waals surface area (Å²) in [6, 6.07) is 9.69. The molecule has 0 spiro atoms. The van der Waals surface area contributed by atoms with Crippen LogP contribution in [-0.4, -0.2) is 9.55 Å². The van der Waals surface area contributed by atoms with E-state index in [1.54, 1.807) is 0 Å². The minimum atomic E-state index is 0.334. The van der Waals surface area contributed by atoms with Crippen molar-refractivity contribution in [2.24, 2.45) is 7.05 Å². The topological polar surface area (TPSA) is 41.6 Å². The average molecular weight is 246 g/mol. The number of imidazole rings is 1. The third-order valence-electron chi connectivity index (χ3n) is 2.81. The Bertz CT molecular complexity index is 593. The number of aromatic nitrogens is 2. The summed E-state index contributed by atoms with van der Waals surface area (Å²) in [4.78, 5) is 4.49. The van der Waals surface area contributed by atoms with Crippen molar-refractivity contribution >= 4 is 11.6 Å². The van der Waals surface area contributed by atoms with E-state index >= 15 is 0 Å². The number of nitriles is 1. The molecule has 0 aliphatic heterocycles. The van der Waals surface area contributed by atoms with E-state index in [9.17, 15) is 0 Å². The van der Waals surface area contributed by atoms with Crippen LogP contribution >= 0.6 is 11.6 Å². The molecule has 0 saturated carbocycles. The normalized spacial score (nSPS) is 10.2. The summed E-state index contributed by atoms with van der Waals surface area (Å²) in [7, 11) is 1.94. The molecule has 0 unspecified atom stereocenters. The van der Waals surface area contributed by atoms with Crippen molar-refractivity contribution < 1.29 is 0 Å². The molecule has 1 aromatic heterocycles. The molecule has 2 rings (SSSR count). The Balaban J connectivity index is 2.53. The number of hydrogen-bond acceptors (Lipinski definition) is 2. The zero-order valence-corrected chi connectivity index (χ0v) is 10.5. The number of benzene rings is 1. The van der Waals surface area contributed by atoms with E-state index in [2.05, 4.69) is 11.1 Å². The molecule has 0 aliphatic carbocycles. The fourth-order valence-corrected chi connectivity index (χ4v) is 1.95. The largest absolute Gasteiger partial charge is 0.331 e. The van der Waals surface area contributed by atoms with E-state index in [4.69, 9.17) is 16.9 Å². The van der Waals surface area contributed by atoms with Gasteiger partial charge in [-0.3, -0.25) is 0 Å². The van der Waals surface area contributed by atoms with Gasteiger partial charge in [0.2, 0.25) is 0 Å². The molecule has 0 radical (unpaired) electrons. The average Bonchev–Trinajstić information content (AvgIpc) is 2.58. The second-order valence-corrected chi connectivity index (χ2v) is 4.31. The second kappa shape index (κ2) is 4.60. The summed E-state index contributed by atoms with van der Waals surface area (Å²) < 4.78 is 1.98. The molecule has 0 fully saturated rings. The van der Waals surface area contributed by atoms with Crippen molar-refractivity contribution in [3.63, 3.8) is 0 Å². The third-order valence-corrected chi connectivity index (χ3v) is 3.04. The van der Waals surface area contributed by atoms with E-state index in [1.807, 2.05) is 42.8 Å². The Morgan fingerprint density at radius 3 is 2.88 bits per heavy atom. The molecule has 1 heterocycles. The molecule has 0 saturated heterocycles. The second-order valence-electron chi connectivity index (χ2n) is 3.87. The molecule has 17 heavy (non-hydrogen) atoms. The fourth-order valence-electron chi connectivity index (χ4n) is 1.76. The summed E-state index contributed by atoms with van der Waals surface area (Å²) in [5.74, 6) is 0.843. The molecule has 1 aromatic carbocycles. The quantitative estimate of drug-likeness (QED) is 0.816. The van der Waals surface area contributed by atoms with Crippen LogP contribution < -0.4 is 0 Å². The number of rotatable bonds is 2. The standard InChI is InChI=1S/C13H12ClN3/c1-9-12(6-7-15)16-13(17(9)2)10-4-3-5-11(14)8-10/h3-5,8H,6H2,1-2H3. The van der Waals surface area contributed by atoms with Crippen LogP contribution in [-0.2, 0) is 13.5 Å². The molecule has 0 amide bonds. The highest BCUT2D eigenvalue weighted by molar-refractivity contribution is 6.30. The Labute approximate surface area is 105 Å². The highest BCUT2D eigenvalue weighted by Crippen LogP contribution is 2.23. The fraction of sp³-hybridized carbons (Fsp3) is 0.231. The van der Waals surface area contributed by atoms with Gasteiger partial charge in [-0.25, -0.2) is 4.98 Å². The zero-order chi connectivity index (χ0) is 12.4. The van der Waals surface area contributed by atoms with Gasteiger partial charge in [0.1, 0.15) is 5.82 Å². The zero-order valence-electron chi connectivity index (χ0n) is 9.74. The lowest BCUT2D eigenvalue weighted by Gasteiger charge is -2.03. The van der Waals surface area contributed by atoms with Gasteiger partial charge in [-0.1, -0.05) is 23.7 Å². The number of halogens is 1. The highest BCUT2D eigenvalue weighted by Gasteiger charge is 2.12. The van der Waals surface area contributed by atoms with Gasteiger partial charge in [0.15, 0.2) is 0 Å². The van der Waals surface area contributed by atoms with Crippen molar-refractivity contribution in [3.05, 3.63) is 40.7 Å². The van der Waals surface area contributed by atoms with Gasteiger partial charge in [0.05, 0.1) is 18.2 Å². The number of hydrogen-bond donors (Lipinski definition) is 0. The molecule has 0 N–H and O–H groups in total. The van der Waals surface area contributed by atoms with Gasteiger partial charge in [0, 0.05) is 23.3 Å². The van der Waals surface area contributed by atoms with Crippen LogP contribution in [0.15, 0.2) is 24.3 Å². The van der Waals surface area contributed by atoms with Gasteiger partial charge < -0.3 is 4.57 Å². The smallest absolute Gasteiger partial charge is 0.140 e. The molecule has 0 aliphatic rings. The Morgan fingerprint density at radius 1 is 1.47 bits per heavy atom. The maximum absolute atomic E-state index is 8.74. The van der Waals surface area contributed by atoms with Crippen molar-refractivity contribution in [2.45, 2.75) is 13.3 Å². The van der Waals surface area contributed by atoms with E-state index in [0.29, 0.717) is 11.4 Å². The summed E-state index contributed by atoms with van der Waals surface area (Å²) in [6.45, 7) is 1.97. The van der Waals surface area contributed by atoms with Crippen molar-refractivity contribution in [3.8, 4) is 17.5 Å². The Hall–Kier alpha value is -1.79. The first kappa shape index (κ1) is 11.7. The molecule has 0 atom stereocenters. The van der Waals surface area contributed by atoms with Crippen LogP contribution in [0.2, 0.25) is 5.02 Å². The molecular formula is C13H12ClN3. The Morgan fingerprint density at radius 2 is 2.24 bits per heavy atom. The van der Waals surface area contributed by atoms with Crippen LogP contribution in [0, 0.1) is 18.3 Å². The van der Waals surface area contributed by atoms with Gasteiger partial charge in [-0.2, -0.15) is 5.26 Å². The summed E-state index contributed by atoms with van der Waals surface area (Å²) in [5.41, 5.74) is 2.80. The third kappa shape index (κ3) is 2.17. The summed E-state index contributed by atoms with van der Waals surface area (Å²) in [5, 5.41) is 9.42. The van der Waals surface area contributed by atoms with Crippen LogP contribution in [0.5, 0.6) is 0 Å². The predicted molar refractivity (Wildman–Crippen MR) is 67.7 cm³/mol. The minimum absolute atomic E-state index is 0.334. The molecule has 0 bridgehead atoms.